The fraction of sp³-hybridized carbons (Fsp3) is 0.346. The number of fused-ring (bicyclic) bond motifs is 1. The Morgan fingerprint density at radius 2 is 1.97 bits per heavy atom. The molecule has 3 aromatic rings. The first kappa shape index (κ1) is 23.5. The van der Waals surface area contributed by atoms with Crippen molar-refractivity contribution in [3.8, 4) is 16.9 Å². The van der Waals surface area contributed by atoms with Crippen molar-refractivity contribution in [1.29, 1.82) is 0 Å². The van der Waals surface area contributed by atoms with Crippen LogP contribution in [0.25, 0.3) is 27.7 Å². The number of rotatable bonds is 9. The van der Waals surface area contributed by atoms with Gasteiger partial charge in [-0.2, -0.15) is 0 Å². The van der Waals surface area contributed by atoms with Crippen LogP contribution < -0.4 is 10.1 Å². The fourth-order valence-corrected chi connectivity index (χ4v) is 3.72. The third-order valence-electron chi connectivity index (χ3n) is 5.34. The molecular formula is C26H31FN2O3. The Labute approximate surface area is 188 Å². The molecule has 3 rings (SSSR count). The lowest BCUT2D eigenvalue weighted by atomic mass is 9.96. The van der Waals surface area contributed by atoms with Crippen LogP contribution in [0.15, 0.2) is 47.1 Å². The molecular weight excluding hydrogens is 407 g/mol. The lowest BCUT2D eigenvalue weighted by molar-refractivity contribution is -0.116. The monoisotopic (exact) mass is 438 g/mol. The Morgan fingerprint density at radius 3 is 2.62 bits per heavy atom. The number of benzene rings is 2. The quantitative estimate of drug-likeness (QED) is 0.358. The van der Waals surface area contributed by atoms with E-state index in [1.807, 2.05) is 40.9 Å². The van der Waals surface area contributed by atoms with Gasteiger partial charge in [-0.1, -0.05) is 12.1 Å². The summed E-state index contributed by atoms with van der Waals surface area (Å²) >= 11 is 0. The minimum absolute atomic E-state index is 0.132. The Balaban J connectivity index is 1.98. The van der Waals surface area contributed by atoms with Crippen LogP contribution in [0, 0.1) is 12.7 Å². The van der Waals surface area contributed by atoms with Crippen molar-refractivity contribution in [3.63, 3.8) is 0 Å². The highest BCUT2D eigenvalue weighted by Gasteiger charge is 2.19. The zero-order valence-electron chi connectivity index (χ0n) is 19.4. The van der Waals surface area contributed by atoms with E-state index in [0.717, 1.165) is 51.8 Å². The number of aryl methyl sites for hydroxylation is 1. The standard InChI is InChI=1S/C26H31FN2O3/c1-6-31-25-18(3)26-22(23(16-32-26)19-8-10-20(27)11-9-19)15-21(25)17(2)14-24(30)28-12-7-13-29(4)5/h8-11,14-16H,6-7,12-13H2,1-5H3,(H,28,30)/b17-14+. The van der Waals surface area contributed by atoms with E-state index in [1.54, 1.807) is 24.5 Å². The average molecular weight is 439 g/mol. The zero-order chi connectivity index (χ0) is 23.3. The Hall–Kier alpha value is -3.12. The fourth-order valence-electron chi connectivity index (χ4n) is 3.72. The van der Waals surface area contributed by atoms with Gasteiger partial charge in [0.2, 0.25) is 5.91 Å². The van der Waals surface area contributed by atoms with Crippen molar-refractivity contribution in [2.75, 3.05) is 33.8 Å². The lowest BCUT2D eigenvalue weighted by Crippen LogP contribution is -2.25. The van der Waals surface area contributed by atoms with Gasteiger partial charge in [-0.05, 0) is 77.2 Å². The molecule has 0 aliphatic rings. The number of nitrogens with one attached hydrogen (secondary N) is 1. The summed E-state index contributed by atoms with van der Waals surface area (Å²) in [4.78, 5) is 14.6. The van der Waals surface area contributed by atoms with E-state index in [2.05, 4.69) is 10.2 Å². The van der Waals surface area contributed by atoms with Gasteiger partial charge in [-0.25, -0.2) is 4.39 Å². The number of hydrogen-bond acceptors (Lipinski definition) is 4. The van der Waals surface area contributed by atoms with E-state index in [0.29, 0.717) is 18.9 Å². The second-order valence-electron chi connectivity index (χ2n) is 8.12. The van der Waals surface area contributed by atoms with Gasteiger partial charge in [-0.3, -0.25) is 4.79 Å². The number of carbonyl (C=O) groups is 1. The summed E-state index contributed by atoms with van der Waals surface area (Å²) < 4.78 is 25.2. The number of allylic oxidation sites excluding steroid dienone is 1. The first-order chi connectivity index (χ1) is 15.3. The molecule has 0 saturated carbocycles. The minimum Gasteiger partial charge on any atom is -0.493 e. The highest BCUT2D eigenvalue weighted by molar-refractivity contribution is 6.01. The molecule has 0 radical (unpaired) electrons. The number of ether oxygens (including phenoxy) is 1. The summed E-state index contributed by atoms with van der Waals surface area (Å²) in [6.07, 6.45) is 4.17. The average Bonchev–Trinajstić information content (AvgIpc) is 3.18. The van der Waals surface area contributed by atoms with Crippen LogP contribution in [0.1, 0.15) is 31.4 Å². The summed E-state index contributed by atoms with van der Waals surface area (Å²) in [6, 6.07) is 8.31. The largest absolute Gasteiger partial charge is 0.493 e. The van der Waals surface area contributed by atoms with Crippen LogP contribution in [0.3, 0.4) is 0 Å². The number of hydrogen-bond donors (Lipinski definition) is 1. The SMILES string of the molecule is CCOc1c(/C(C)=C/C(=O)NCCCN(C)C)cc2c(-c3ccc(F)cc3)coc2c1C. The third kappa shape index (κ3) is 5.37. The van der Waals surface area contributed by atoms with Gasteiger partial charge in [0.15, 0.2) is 0 Å². The first-order valence-corrected chi connectivity index (χ1v) is 10.9. The van der Waals surface area contributed by atoms with Crippen LogP contribution in [0.4, 0.5) is 4.39 Å². The molecule has 1 heterocycles. The van der Waals surface area contributed by atoms with Gasteiger partial charge in [0.05, 0.1) is 12.9 Å². The van der Waals surface area contributed by atoms with Gasteiger partial charge in [-0.15, -0.1) is 0 Å². The molecule has 0 aliphatic heterocycles. The van der Waals surface area contributed by atoms with Crippen molar-refractivity contribution in [3.05, 3.63) is 59.6 Å². The molecule has 0 saturated heterocycles. The van der Waals surface area contributed by atoms with Gasteiger partial charge < -0.3 is 19.4 Å². The molecule has 2 aromatic carbocycles. The van der Waals surface area contributed by atoms with Crippen molar-refractivity contribution in [2.45, 2.75) is 27.2 Å². The van der Waals surface area contributed by atoms with Crippen LogP contribution >= 0.6 is 0 Å². The van der Waals surface area contributed by atoms with Gasteiger partial charge >= 0.3 is 0 Å². The normalized spacial score (nSPS) is 11.9. The van der Waals surface area contributed by atoms with Crippen LogP contribution in [0.2, 0.25) is 0 Å². The van der Waals surface area contributed by atoms with Crippen molar-refractivity contribution in [2.24, 2.45) is 0 Å². The Morgan fingerprint density at radius 1 is 1.25 bits per heavy atom. The number of carbonyl (C=O) groups excluding carboxylic acids is 1. The molecule has 6 heteroatoms. The number of amides is 1. The maximum absolute atomic E-state index is 13.4. The molecule has 0 bridgehead atoms. The lowest BCUT2D eigenvalue weighted by Gasteiger charge is -2.15. The predicted molar refractivity (Wildman–Crippen MR) is 127 cm³/mol. The second kappa shape index (κ2) is 10.5. The second-order valence-corrected chi connectivity index (χ2v) is 8.12. The molecule has 32 heavy (non-hydrogen) atoms. The zero-order valence-corrected chi connectivity index (χ0v) is 19.4. The van der Waals surface area contributed by atoms with Crippen molar-refractivity contribution < 1.29 is 18.3 Å². The number of furan rings is 1. The maximum atomic E-state index is 13.4. The summed E-state index contributed by atoms with van der Waals surface area (Å²) in [7, 11) is 4.02. The molecule has 5 nitrogen and oxygen atoms in total. The number of nitrogens with zero attached hydrogens (tertiary/aromatic N) is 1. The Bertz CT molecular complexity index is 1110. The molecule has 1 amide bonds. The predicted octanol–water partition coefficient (Wildman–Crippen LogP) is 5.42. The van der Waals surface area contributed by atoms with Crippen LogP contribution in [0.5, 0.6) is 5.75 Å². The highest BCUT2D eigenvalue weighted by Crippen LogP contribution is 2.40. The first-order valence-electron chi connectivity index (χ1n) is 10.9. The van der Waals surface area contributed by atoms with E-state index < -0.39 is 0 Å². The maximum Gasteiger partial charge on any atom is 0.244 e. The van der Waals surface area contributed by atoms with Gasteiger partial charge in [0.25, 0.3) is 0 Å². The topological polar surface area (TPSA) is 54.7 Å². The molecule has 0 fully saturated rings. The van der Waals surface area contributed by atoms with E-state index in [-0.39, 0.29) is 11.7 Å². The van der Waals surface area contributed by atoms with Gasteiger partial charge in [0, 0.05) is 34.7 Å². The summed E-state index contributed by atoms with van der Waals surface area (Å²) in [5.41, 5.74) is 4.96. The molecule has 0 atom stereocenters. The van der Waals surface area contributed by atoms with E-state index in [4.69, 9.17) is 9.15 Å². The van der Waals surface area contributed by atoms with Crippen LogP contribution in [-0.2, 0) is 4.79 Å². The molecule has 1 N–H and O–H groups in total. The molecule has 1 aromatic heterocycles. The summed E-state index contributed by atoms with van der Waals surface area (Å²) in [5.74, 6) is 0.286. The summed E-state index contributed by atoms with van der Waals surface area (Å²) in [6.45, 7) is 7.81. The highest BCUT2D eigenvalue weighted by atomic mass is 19.1. The van der Waals surface area contributed by atoms with Crippen LogP contribution in [-0.4, -0.2) is 44.6 Å². The number of halogens is 1. The van der Waals surface area contributed by atoms with Crippen molar-refractivity contribution in [1.82, 2.24) is 10.2 Å². The Kier molecular flexibility index (Phi) is 7.70. The van der Waals surface area contributed by atoms with E-state index in [9.17, 15) is 9.18 Å². The molecule has 170 valence electrons. The smallest absolute Gasteiger partial charge is 0.244 e. The minimum atomic E-state index is -0.285. The summed E-state index contributed by atoms with van der Waals surface area (Å²) in [5, 5.41) is 3.84. The van der Waals surface area contributed by atoms with E-state index >= 15 is 0 Å². The van der Waals surface area contributed by atoms with E-state index in [1.165, 1.54) is 12.1 Å². The van der Waals surface area contributed by atoms with Gasteiger partial charge in [0.1, 0.15) is 17.1 Å². The molecule has 0 spiro atoms. The van der Waals surface area contributed by atoms with Crippen molar-refractivity contribution >= 4 is 22.4 Å². The molecule has 0 unspecified atom stereocenters. The molecule has 0 aliphatic carbocycles. The third-order valence-corrected chi connectivity index (χ3v) is 5.34.